The summed E-state index contributed by atoms with van der Waals surface area (Å²) in [5.41, 5.74) is 1.54. The SMILES string of the molecule is CC(C)(C)[C@H]1CCc2c(sc(NC(=O)COCC(F)(F)F)c2C#N)C1. The van der Waals surface area contributed by atoms with Crippen molar-refractivity contribution in [3.63, 3.8) is 0 Å². The summed E-state index contributed by atoms with van der Waals surface area (Å²) in [6.07, 6.45) is -1.87. The summed E-state index contributed by atoms with van der Waals surface area (Å²) in [4.78, 5) is 12.9. The van der Waals surface area contributed by atoms with Gasteiger partial charge in [0.25, 0.3) is 5.91 Å². The number of fused-ring (bicyclic) bond motifs is 1. The summed E-state index contributed by atoms with van der Waals surface area (Å²) in [6, 6.07) is 2.12. The second kappa shape index (κ2) is 7.34. The minimum atomic E-state index is -4.47. The molecule has 1 aliphatic rings. The molecule has 8 heteroatoms. The molecular formula is C17H21F3N2O2S. The number of nitrogens with one attached hydrogen (secondary N) is 1. The number of carbonyl (C=O) groups excluding carboxylic acids is 1. The summed E-state index contributed by atoms with van der Waals surface area (Å²) in [5, 5.41) is 12.3. The minimum absolute atomic E-state index is 0.156. The number of thiophene rings is 1. The van der Waals surface area contributed by atoms with Gasteiger partial charge in [0.1, 0.15) is 24.3 Å². The highest BCUT2D eigenvalue weighted by Crippen LogP contribution is 2.43. The Morgan fingerprint density at radius 1 is 1.40 bits per heavy atom. The molecule has 0 saturated carbocycles. The lowest BCUT2D eigenvalue weighted by molar-refractivity contribution is -0.174. The number of hydrogen-bond donors (Lipinski definition) is 1. The monoisotopic (exact) mass is 374 g/mol. The number of nitrogens with zero attached hydrogens (tertiary/aromatic N) is 1. The van der Waals surface area contributed by atoms with Crippen LogP contribution in [0.2, 0.25) is 0 Å². The number of hydrogen-bond acceptors (Lipinski definition) is 4. The van der Waals surface area contributed by atoms with Gasteiger partial charge in [-0.05, 0) is 36.2 Å². The molecule has 1 amide bonds. The van der Waals surface area contributed by atoms with E-state index in [1.165, 1.54) is 11.3 Å². The van der Waals surface area contributed by atoms with E-state index in [-0.39, 0.29) is 5.41 Å². The van der Waals surface area contributed by atoms with Gasteiger partial charge >= 0.3 is 6.18 Å². The predicted molar refractivity (Wildman–Crippen MR) is 89.5 cm³/mol. The van der Waals surface area contributed by atoms with E-state index in [0.717, 1.165) is 29.7 Å². The first-order valence-corrected chi connectivity index (χ1v) is 8.82. The van der Waals surface area contributed by atoms with Crippen LogP contribution in [-0.4, -0.2) is 25.3 Å². The lowest BCUT2D eigenvalue weighted by atomic mass is 9.72. The Morgan fingerprint density at radius 3 is 2.64 bits per heavy atom. The molecule has 1 aromatic heterocycles. The standard InChI is InChI=1S/C17H21F3N2O2S/c1-16(2,3)10-4-5-11-12(7-21)15(25-13(11)6-10)22-14(23)8-24-9-17(18,19)20/h10H,4-6,8-9H2,1-3H3,(H,22,23)/t10-/m0/s1. The van der Waals surface area contributed by atoms with Crippen LogP contribution in [0.15, 0.2) is 0 Å². The van der Waals surface area contributed by atoms with E-state index in [4.69, 9.17) is 0 Å². The van der Waals surface area contributed by atoms with Crippen LogP contribution >= 0.6 is 11.3 Å². The summed E-state index contributed by atoms with van der Waals surface area (Å²) in [5.74, 6) is -0.199. The van der Waals surface area contributed by atoms with E-state index in [0.29, 0.717) is 16.5 Å². The fourth-order valence-electron chi connectivity index (χ4n) is 2.95. The zero-order chi connectivity index (χ0) is 18.8. The lowest BCUT2D eigenvalue weighted by Crippen LogP contribution is -2.26. The number of anilines is 1. The van der Waals surface area contributed by atoms with E-state index in [9.17, 15) is 23.2 Å². The van der Waals surface area contributed by atoms with Gasteiger partial charge in [0.2, 0.25) is 0 Å². The fraction of sp³-hybridized carbons (Fsp3) is 0.647. The molecule has 0 spiro atoms. The molecule has 0 fully saturated rings. The van der Waals surface area contributed by atoms with Gasteiger partial charge in [0, 0.05) is 4.88 Å². The van der Waals surface area contributed by atoms with Gasteiger partial charge in [0.15, 0.2) is 0 Å². The number of amides is 1. The molecule has 1 atom stereocenters. The van der Waals surface area contributed by atoms with Crippen LogP contribution in [0.1, 0.15) is 43.2 Å². The van der Waals surface area contributed by atoms with Gasteiger partial charge in [-0.3, -0.25) is 4.79 Å². The molecule has 0 aromatic carbocycles. The molecule has 0 unspecified atom stereocenters. The smallest absolute Gasteiger partial charge is 0.362 e. The Labute approximate surface area is 149 Å². The molecule has 0 saturated heterocycles. The van der Waals surface area contributed by atoms with Crippen molar-refractivity contribution in [3.05, 3.63) is 16.0 Å². The molecule has 2 rings (SSSR count). The molecule has 0 bridgehead atoms. The summed E-state index contributed by atoms with van der Waals surface area (Å²) >= 11 is 1.34. The number of carbonyl (C=O) groups is 1. The van der Waals surface area contributed by atoms with Crippen LogP contribution < -0.4 is 5.32 Å². The van der Waals surface area contributed by atoms with E-state index in [2.05, 4.69) is 36.9 Å². The number of alkyl halides is 3. The molecule has 0 aliphatic heterocycles. The van der Waals surface area contributed by atoms with E-state index < -0.39 is 25.3 Å². The maximum absolute atomic E-state index is 12.0. The average Bonchev–Trinajstić information content (AvgIpc) is 2.80. The third-order valence-corrected chi connectivity index (χ3v) is 5.52. The van der Waals surface area contributed by atoms with Crippen molar-refractivity contribution in [2.45, 2.75) is 46.2 Å². The maximum Gasteiger partial charge on any atom is 0.411 e. The Morgan fingerprint density at radius 2 is 2.08 bits per heavy atom. The van der Waals surface area contributed by atoms with Crippen molar-refractivity contribution < 1.29 is 22.7 Å². The van der Waals surface area contributed by atoms with Crippen molar-refractivity contribution in [1.29, 1.82) is 5.26 Å². The Kier molecular flexibility index (Phi) is 5.79. The largest absolute Gasteiger partial charge is 0.411 e. The lowest BCUT2D eigenvalue weighted by Gasteiger charge is -2.33. The van der Waals surface area contributed by atoms with Crippen LogP contribution in [0.4, 0.5) is 18.2 Å². The normalized spacial score (nSPS) is 17.7. The summed E-state index contributed by atoms with van der Waals surface area (Å²) in [7, 11) is 0. The molecule has 1 aliphatic carbocycles. The zero-order valence-electron chi connectivity index (χ0n) is 14.4. The first-order chi connectivity index (χ1) is 11.5. The second-order valence-corrected chi connectivity index (χ2v) is 8.39. The van der Waals surface area contributed by atoms with Crippen molar-refractivity contribution in [2.24, 2.45) is 11.3 Å². The highest BCUT2D eigenvalue weighted by molar-refractivity contribution is 7.16. The van der Waals surface area contributed by atoms with Gasteiger partial charge in [-0.15, -0.1) is 11.3 Å². The zero-order valence-corrected chi connectivity index (χ0v) is 15.2. The van der Waals surface area contributed by atoms with Crippen LogP contribution in [0.5, 0.6) is 0 Å². The number of rotatable bonds is 4. The number of nitriles is 1. The molecule has 4 nitrogen and oxygen atoms in total. The molecular weight excluding hydrogens is 353 g/mol. The van der Waals surface area contributed by atoms with E-state index >= 15 is 0 Å². The summed E-state index contributed by atoms with van der Waals surface area (Å²) < 4.78 is 40.5. The highest BCUT2D eigenvalue weighted by atomic mass is 32.1. The Balaban J connectivity index is 2.07. The van der Waals surface area contributed by atoms with Crippen molar-refractivity contribution in [3.8, 4) is 6.07 Å². The van der Waals surface area contributed by atoms with Crippen LogP contribution in [-0.2, 0) is 22.4 Å². The Bertz CT molecular complexity index is 684. The van der Waals surface area contributed by atoms with Crippen molar-refractivity contribution in [2.75, 3.05) is 18.5 Å². The first kappa shape index (κ1) is 19.7. The minimum Gasteiger partial charge on any atom is -0.362 e. The molecule has 138 valence electrons. The molecule has 1 N–H and O–H groups in total. The third-order valence-electron chi connectivity index (χ3n) is 4.35. The van der Waals surface area contributed by atoms with Crippen molar-refractivity contribution >= 4 is 22.2 Å². The van der Waals surface area contributed by atoms with Gasteiger partial charge in [-0.25, -0.2) is 0 Å². The first-order valence-electron chi connectivity index (χ1n) is 8.00. The molecule has 1 aromatic rings. The van der Waals surface area contributed by atoms with Crippen LogP contribution in [0, 0.1) is 22.7 Å². The van der Waals surface area contributed by atoms with Gasteiger partial charge in [-0.2, -0.15) is 18.4 Å². The molecule has 25 heavy (non-hydrogen) atoms. The van der Waals surface area contributed by atoms with Crippen LogP contribution in [0.3, 0.4) is 0 Å². The highest BCUT2D eigenvalue weighted by Gasteiger charge is 2.32. The van der Waals surface area contributed by atoms with E-state index in [1.54, 1.807) is 0 Å². The topological polar surface area (TPSA) is 62.1 Å². The Hall–Kier alpha value is -1.59. The van der Waals surface area contributed by atoms with Gasteiger partial charge < -0.3 is 10.1 Å². The van der Waals surface area contributed by atoms with E-state index in [1.807, 2.05) is 0 Å². The maximum atomic E-state index is 12.0. The second-order valence-electron chi connectivity index (χ2n) is 7.28. The van der Waals surface area contributed by atoms with Crippen LogP contribution in [0.25, 0.3) is 0 Å². The van der Waals surface area contributed by atoms with Gasteiger partial charge in [0.05, 0.1) is 5.56 Å². The quantitative estimate of drug-likeness (QED) is 0.855. The fourth-order valence-corrected chi connectivity index (χ4v) is 4.25. The summed E-state index contributed by atoms with van der Waals surface area (Å²) in [6.45, 7) is 4.38. The average molecular weight is 374 g/mol. The predicted octanol–water partition coefficient (Wildman–Crippen LogP) is 4.29. The third kappa shape index (κ3) is 5.19. The number of halogens is 3. The molecule has 1 heterocycles. The van der Waals surface area contributed by atoms with Gasteiger partial charge in [-0.1, -0.05) is 20.8 Å². The van der Waals surface area contributed by atoms with Crippen molar-refractivity contribution in [1.82, 2.24) is 0 Å². The molecule has 0 radical (unpaired) electrons. The number of ether oxygens (including phenoxy) is 1.